The molecule has 0 fully saturated rings. The van der Waals surface area contributed by atoms with E-state index < -0.39 is 0 Å². The maximum Gasteiger partial charge on any atom is 0.165 e. The minimum absolute atomic E-state index is 0.591. The molecule has 0 aliphatic heterocycles. The smallest absolute Gasteiger partial charge is 0.165 e. The van der Waals surface area contributed by atoms with Crippen LogP contribution in [0, 0.1) is 0 Å². The molecule has 0 saturated heterocycles. The van der Waals surface area contributed by atoms with Gasteiger partial charge in [0, 0.05) is 49.3 Å². The molecule has 0 unspecified atom stereocenters. The number of rotatable bonds is 5. The Balaban J connectivity index is 1.31. The quantitative estimate of drug-likeness (QED) is 0.193. The number of hydrogen-bond donors (Lipinski definition) is 0. The Labute approximate surface area is 275 Å². The second-order valence-corrected chi connectivity index (χ2v) is 12.6. The van der Waals surface area contributed by atoms with Gasteiger partial charge in [-0.25, -0.2) is 15.0 Å². The first kappa shape index (κ1) is 27.3. The Morgan fingerprint density at radius 3 is 1.91 bits per heavy atom. The van der Waals surface area contributed by atoms with Crippen LogP contribution < -0.4 is 0 Å². The SMILES string of the molecule is c1ccc(-c2cc(-c3nc(-c4cccnc4)nc(-c4cccc5c4sc4ccccc45)n3)cc(-c3cccc4ccccc34)c2)cc1. The molecule has 5 heteroatoms. The summed E-state index contributed by atoms with van der Waals surface area (Å²) in [5, 5.41) is 4.85. The minimum Gasteiger partial charge on any atom is -0.264 e. The molecule has 0 atom stereocenters. The fourth-order valence-electron chi connectivity index (χ4n) is 6.36. The maximum absolute atomic E-state index is 5.22. The van der Waals surface area contributed by atoms with Crippen molar-refractivity contribution in [3.05, 3.63) is 158 Å². The monoisotopic (exact) mass is 618 g/mol. The van der Waals surface area contributed by atoms with Crippen LogP contribution in [0.25, 0.3) is 87.4 Å². The van der Waals surface area contributed by atoms with Gasteiger partial charge in [-0.2, -0.15) is 0 Å². The van der Waals surface area contributed by atoms with Gasteiger partial charge in [0.25, 0.3) is 0 Å². The average Bonchev–Trinajstić information content (AvgIpc) is 3.54. The average molecular weight is 619 g/mol. The van der Waals surface area contributed by atoms with Gasteiger partial charge in [0.05, 0.1) is 0 Å². The normalized spacial score (nSPS) is 11.4. The summed E-state index contributed by atoms with van der Waals surface area (Å²) >= 11 is 1.77. The molecule has 9 rings (SSSR count). The van der Waals surface area contributed by atoms with Crippen molar-refractivity contribution in [1.82, 2.24) is 19.9 Å². The number of hydrogen-bond acceptors (Lipinski definition) is 5. The summed E-state index contributed by atoms with van der Waals surface area (Å²) in [6.07, 6.45) is 3.58. The minimum atomic E-state index is 0.591. The fourth-order valence-corrected chi connectivity index (χ4v) is 7.57. The van der Waals surface area contributed by atoms with Crippen molar-refractivity contribution in [3.8, 4) is 56.4 Å². The topological polar surface area (TPSA) is 51.6 Å². The van der Waals surface area contributed by atoms with Gasteiger partial charge in [0.2, 0.25) is 0 Å². The summed E-state index contributed by atoms with van der Waals surface area (Å²) in [4.78, 5) is 19.8. The van der Waals surface area contributed by atoms with Crippen LogP contribution in [0.2, 0.25) is 0 Å². The molecule has 0 amide bonds. The van der Waals surface area contributed by atoms with E-state index in [0.717, 1.165) is 38.1 Å². The van der Waals surface area contributed by atoms with E-state index in [-0.39, 0.29) is 0 Å². The molecule has 0 bridgehead atoms. The third-order valence-electron chi connectivity index (χ3n) is 8.60. The van der Waals surface area contributed by atoms with Crippen molar-refractivity contribution in [1.29, 1.82) is 0 Å². The third kappa shape index (κ3) is 4.94. The maximum atomic E-state index is 5.22. The second-order valence-electron chi connectivity index (χ2n) is 11.5. The zero-order valence-electron chi connectivity index (χ0n) is 25.2. The lowest BCUT2D eigenvalue weighted by Crippen LogP contribution is -2.01. The van der Waals surface area contributed by atoms with Crippen molar-refractivity contribution >= 4 is 42.3 Å². The Bertz CT molecular complexity index is 2570. The first-order valence-corrected chi connectivity index (χ1v) is 16.4. The summed E-state index contributed by atoms with van der Waals surface area (Å²) in [6.45, 7) is 0. The molecule has 4 nitrogen and oxygen atoms in total. The molecule has 0 spiro atoms. The lowest BCUT2D eigenvalue weighted by atomic mass is 9.93. The summed E-state index contributed by atoms with van der Waals surface area (Å²) in [7, 11) is 0. The van der Waals surface area contributed by atoms with Crippen molar-refractivity contribution in [2.24, 2.45) is 0 Å². The standard InChI is InChI=1S/C42H26N4S/c1-2-11-27(12-3-1)30-23-31(34-18-8-14-28-13-4-5-16-33(28)34)25-32(24-30)41-44-40(29-15-10-22-43-26-29)45-42(46-41)37-20-9-19-36-35-17-6-7-21-38(35)47-39(36)37/h1-26H. The van der Waals surface area contributed by atoms with Gasteiger partial charge in [-0.05, 0) is 75.5 Å². The third-order valence-corrected chi connectivity index (χ3v) is 9.82. The first-order valence-electron chi connectivity index (χ1n) is 15.5. The molecule has 0 aliphatic rings. The lowest BCUT2D eigenvalue weighted by molar-refractivity contribution is 1.07. The lowest BCUT2D eigenvalue weighted by Gasteiger charge is -2.14. The van der Waals surface area contributed by atoms with Crippen LogP contribution in [0.1, 0.15) is 0 Å². The number of nitrogens with zero attached hydrogens (tertiary/aromatic N) is 4. The van der Waals surface area contributed by atoms with Crippen molar-refractivity contribution in [3.63, 3.8) is 0 Å². The van der Waals surface area contributed by atoms with Gasteiger partial charge < -0.3 is 0 Å². The van der Waals surface area contributed by atoms with E-state index in [2.05, 4.69) is 132 Å². The van der Waals surface area contributed by atoms with E-state index in [1.54, 1.807) is 17.5 Å². The molecule has 220 valence electrons. The van der Waals surface area contributed by atoms with Crippen LogP contribution in [0.5, 0.6) is 0 Å². The Morgan fingerprint density at radius 2 is 1.04 bits per heavy atom. The molecular formula is C42H26N4S. The van der Waals surface area contributed by atoms with Crippen LogP contribution in [0.3, 0.4) is 0 Å². The molecule has 0 radical (unpaired) electrons. The zero-order chi connectivity index (χ0) is 31.2. The van der Waals surface area contributed by atoms with Gasteiger partial charge in [-0.15, -0.1) is 11.3 Å². The van der Waals surface area contributed by atoms with E-state index in [4.69, 9.17) is 15.0 Å². The highest BCUT2D eigenvalue weighted by atomic mass is 32.1. The van der Waals surface area contributed by atoms with Gasteiger partial charge in [-0.1, -0.05) is 103 Å². The molecule has 47 heavy (non-hydrogen) atoms. The highest BCUT2D eigenvalue weighted by Crippen LogP contribution is 2.40. The summed E-state index contributed by atoms with van der Waals surface area (Å²) < 4.78 is 2.41. The van der Waals surface area contributed by atoms with Crippen LogP contribution in [-0.4, -0.2) is 19.9 Å². The van der Waals surface area contributed by atoms with Gasteiger partial charge >= 0.3 is 0 Å². The molecule has 0 N–H and O–H groups in total. The van der Waals surface area contributed by atoms with E-state index in [1.807, 2.05) is 24.4 Å². The Kier molecular flexibility index (Phi) is 6.61. The number of thiophene rings is 1. The van der Waals surface area contributed by atoms with E-state index in [0.29, 0.717) is 17.5 Å². The van der Waals surface area contributed by atoms with Gasteiger partial charge in [0.15, 0.2) is 17.5 Å². The van der Waals surface area contributed by atoms with Crippen molar-refractivity contribution in [2.75, 3.05) is 0 Å². The molecule has 0 aliphatic carbocycles. The molecule has 6 aromatic carbocycles. The van der Waals surface area contributed by atoms with Crippen LogP contribution >= 0.6 is 11.3 Å². The molecule has 9 aromatic rings. The number of pyridine rings is 1. The van der Waals surface area contributed by atoms with E-state index >= 15 is 0 Å². The number of aromatic nitrogens is 4. The van der Waals surface area contributed by atoms with Gasteiger partial charge in [0.1, 0.15) is 0 Å². The zero-order valence-corrected chi connectivity index (χ0v) is 26.0. The van der Waals surface area contributed by atoms with Gasteiger partial charge in [-0.3, -0.25) is 4.98 Å². The second kappa shape index (κ2) is 11.4. The fraction of sp³-hybridized carbons (Fsp3) is 0. The Morgan fingerprint density at radius 1 is 0.404 bits per heavy atom. The molecule has 0 saturated carbocycles. The molecular weight excluding hydrogens is 593 g/mol. The highest BCUT2D eigenvalue weighted by Gasteiger charge is 2.18. The Hall–Kier alpha value is -6.04. The number of benzene rings is 6. The summed E-state index contributed by atoms with van der Waals surface area (Å²) in [6, 6.07) is 51.0. The number of fused-ring (bicyclic) bond motifs is 4. The van der Waals surface area contributed by atoms with E-state index in [1.165, 1.54) is 31.8 Å². The highest BCUT2D eigenvalue weighted by molar-refractivity contribution is 7.26. The molecule has 3 heterocycles. The predicted octanol–water partition coefficient (Wildman–Crippen LogP) is 11.1. The summed E-state index contributed by atoms with van der Waals surface area (Å²) in [5.41, 5.74) is 7.26. The van der Waals surface area contributed by atoms with Crippen LogP contribution in [-0.2, 0) is 0 Å². The summed E-state index contributed by atoms with van der Waals surface area (Å²) in [5.74, 6) is 1.85. The van der Waals surface area contributed by atoms with Crippen molar-refractivity contribution < 1.29 is 0 Å². The molecule has 3 aromatic heterocycles. The largest absolute Gasteiger partial charge is 0.264 e. The van der Waals surface area contributed by atoms with E-state index in [9.17, 15) is 0 Å². The van der Waals surface area contributed by atoms with Crippen LogP contribution in [0.15, 0.2) is 158 Å². The first-order chi connectivity index (χ1) is 23.3. The van der Waals surface area contributed by atoms with Crippen LogP contribution in [0.4, 0.5) is 0 Å². The predicted molar refractivity (Wildman–Crippen MR) is 195 cm³/mol. The van der Waals surface area contributed by atoms with Crippen molar-refractivity contribution in [2.45, 2.75) is 0 Å².